The van der Waals surface area contributed by atoms with E-state index in [-0.39, 0.29) is 0 Å². The van der Waals surface area contributed by atoms with E-state index < -0.39 is 0 Å². The first-order chi connectivity index (χ1) is 9.28. The standard InChI is InChI=1S/C13H13N5O/c1-2-19-12-5-6-15-13(17-12)18-11-7-10(14)4-3-9(11)8-16-18/h3-8H,2,14H2,1H3. The Morgan fingerprint density at radius 1 is 1.32 bits per heavy atom. The predicted molar refractivity (Wildman–Crippen MR) is 72.2 cm³/mol. The van der Waals surface area contributed by atoms with Gasteiger partial charge in [0.1, 0.15) is 0 Å². The van der Waals surface area contributed by atoms with E-state index in [0.717, 1.165) is 10.9 Å². The third kappa shape index (κ3) is 2.08. The summed E-state index contributed by atoms with van der Waals surface area (Å²) in [4.78, 5) is 8.52. The van der Waals surface area contributed by atoms with E-state index in [1.165, 1.54) is 0 Å². The van der Waals surface area contributed by atoms with Crippen LogP contribution in [0, 0.1) is 0 Å². The van der Waals surface area contributed by atoms with Crippen molar-refractivity contribution in [2.75, 3.05) is 12.3 Å². The SMILES string of the molecule is CCOc1ccnc(-n2ncc3ccc(N)cc32)n1. The van der Waals surface area contributed by atoms with Crippen LogP contribution in [0.25, 0.3) is 16.9 Å². The zero-order valence-electron chi connectivity index (χ0n) is 10.4. The fourth-order valence-electron chi connectivity index (χ4n) is 1.86. The van der Waals surface area contributed by atoms with Crippen LogP contribution in [0.2, 0.25) is 0 Å². The zero-order chi connectivity index (χ0) is 13.2. The maximum absolute atomic E-state index is 5.80. The lowest BCUT2D eigenvalue weighted by Gasteiger charge is -2.05. The van der Waals surface area contributed by atoms with Crippen molar-refractivity contribution in [3.8, 4) is 11.8 Å². The number of hydrogen-bond acceptors (Lipinski definition) is 5. The highest BCUT2D eigenvalue weighted by atomic mass is 16.5. The van der Waals surface area contributed by atoms with Gasteiger partial charge in [0, 0.05) is 23.3 Å². The first-order valence-corrected chi connectivity index (χ1v) is 5.97. The number of fused-ring (bicyclic) bond motifs is 1. The number of ether oxygens (including phenoxy) is 1. The van der Waals surface area contributed by atoms with Crippen LogP contribution in [0.5, 0.6) is 5.88 Å². The maximum atomic E-state index is 5.80. The summed E-state index contributed by atoms with van der Waals surface area (Å²) in [7, 11) is 0. The molecule has 3 aromatic rings. The summed E-state index contributed by atoms with van der Waals surface area (Å²) in [6.45, 7) is 2.47. The van der Waals surface area contributed by atoms with Crippen molar-refractivity contribution in [1.82, 2.24) is 19.7 Å². The van der Waals surface area contributed by atoms with Crippen molar-refractivity contribution in [2.24, 2.45) is 0 Å². The molecule has 96 valence electrons. The van der Waals surface area contributed by atoms with Crippen molar-refractivity contribution < 1.29 is 4.74 Å². The molecule has 0 aliphatic carbocycles. The summed E-state index contributed by atoms with van der Waals surface area (Å²) in [5.74, 6) is 0.992. The molecule has 0 saturated carbocycles. The highest BCUT2D eigenvalue weighted by Crippen LogP contribution is 2.19. The molecule has 19 heavy (non-hydrogen) atoms. The maximum Gasteiger partial charge on any atom is 0.254 e. The normalized spacial score (nSPS) is 10.8. The largest absolute Gasteiger partial charge is 0.478 e. The summed E-state index contributed by atoms with van der Waals surface area (Å²) in [5.41, 5.74) is 7.35. The number of nitrogens with zero attached hydrogens (tertiary/aromatic N) is 4. The van der Waals surface area contributed by atoms with Gasteiger partial charge < -0.3 is 10.5 Å². The summed E-state index contributed by atoms with van der Waals surface area (Å²) in [6, 6.07) is 7.32. The minimum absolute atomic E-state index is 0.464. The number of aromatic nitrogens is 4. The molecule has 0 radical (unpaired) electrons. The average Bonchev–Trinajstić information content (AvgIpc) is 2.82. The molecule has 0 fully saturated rings. The van der Waals surface area contributed by atoms with Gasteiger partial charge in [0.05, 0.1) is 18.3 Å². The minimum Gasteiger partial charge on any atom is -0.478 e. The molecular formula is C13H13N5O. The predicted octanol–water partition coefficient (Wildman–Crippen LogP) is 1.80. The van der Waals surface area contributed by atoms with Crippen molar-refractivity contribution >= 4 is 16.6 Å². The molecule has 3 rings (SSSR count). The highest BCUT2D eigenvalue weighted by molar-refractivity contribution is 5.82. The van der Waals surface area contributed by atoms with Gasteiger partial charge in [-0.1, -0.05) is 0 Å². The van der Waals surface area contributed by atoms with Crippen LogP contribution in [-0.4, -0.2) is 26.4 Å². The van der Waals surface area contributed by atoms with Crippen molar-refractivity contribution in [3.05, 3.63) is 36.7 Å². The van der Waals surface area contributed by atoms with E-state index in [4.69, 9.17) is 10.5 Å². The molecule has 0 aliphatic heterocycles. The van der Waals surface area contributed by atoms with Crippen LogP contribution in [-0.2, 0) is 0 Å². The van der Waals surface area contributed by atoms with Gasteiger partial charge in [-0.3, -0.25) is 0 Å². The third-order valence-corrected chi connectivity index (χ3v) is 2.69. The summed E-state index contributed by atoms with van der Waals surface area (Å²) >= 11 is 0. The zero-order valence-corrected chi connectivity index (χ0v) is 10.4. The van der Waals surface area contributed by atoms with Gasteiger partial charge in [0.25, 0.3) is 5.95 Å². The molecule has 0 amide bonds. The second-order valence-corrected chi connectivity index (χ2v) is 4.00. The molecule has 2 heterocycles. The molecule has 0 atom stereocenters. The molecule has 0 bridgehead atoms. The van der Waals surface area contributed by atoms with E-state index in [9.17, 15) is 0 Å². The fourth-order valence-corrected chi connectivity index (χ4v) is 1.86. The summed E-state index contributed by atoms with van der Waals surface area (Å²) in [6.07, 6.45) is 3.40. The van der Waals surface area contributed by atoms with Gasteiger partial charge in [0.2, 0.25) is 5.88 Å². The Bertz CT molecular complexity index is 722. The first-order valence-electron chi connectivity index (χ1n) is 5.97. The van der Waals surface area contributed by atoms with E-state index in [2.05, 4.69) is 15.1 Å². The second-order valence-electron chi connectivity index (χ2n) is 4.00. The van der Waals surface area contributed by atoms with Crippen molar-refractivity contribution in [1.29, 1.82) is 0 Å². The number of benzene rings is 1. The highest BCUT2D eigenvalue weighted by Gasteiger charge is 2.08. The van der Waals surface area contributed by atoms with Gasteiger partial charge in [0.15, 0.2) is 0 Å². The molecule has 2 N–H and O–H groups in total. The van der Waals surface area contributed by atoms with Gasteiger partial charge in [-0.2, -0.15) is 14.8 Å². The molecule has 1 aromatic carbocycles. The molecular weight excluding hydrogens is 242 g/mol. The van der Waals surface area contributed by atoms with Crippen LogP contribution in [0.1, 0.15) is 6.92 Å². The quantitative estimate of drug-likeness (QED) is 0.722. The Labute approximate surface area is 109 Å². The minimum atomic E-state index is 0.464. The molecule has 0 spiro atoms. The molecule has 6 nitrogen and oxygen atoms in total. The van der Waals surface area contributed by atoms with Gasteiger partial charge in [-0.15, -0.1) is 0 Å². The van der Waals surface area contributed by atoms with Gasteiger partial charge >= 0.3 is 0 Å². The second kappa shape index (κ2) is 4.56. The van der Waals surface area contributed by atoms with Crippen LogP contribution >= 0.6 is 0 Å². The molecule has 0 aliphatic rings. The van der Waals surface area contributed by atoms with Crippen molar-refractivity contribution in [2.45, 2.75) is 6.92 Å². The smallest absolute Gasteiger partial charge is 0.254 e. The Morgan fingerprint density at radius 3 is 3.05 bits per heavy atom. The molecule has 0 unspecified atom stereocenters. The monoisotopic (exact) mass is 255 g/mol. The fraction of sp³-hybridized carbons (Fsp3) is 0.154. The number of anilines is 1. The van der Waals surface area contributed by atoms with E-state index in [0.29, 0.717) is 24.1 Å². The van der Waals surface area contributed by atoms with Crippen molar-refractivity contribution in [3.63, 3.8) is 0 Å². The van der Waals surface area contributed by atoms with Gasteiger partial charge in [-0.25, -0.2) is 4.98 Å². The average molecular weight is 255 g/mol. The Hall–Kier alpha value is -2.63. The van der Waals surface area contributed by atoms with E-state index >= 15 is 0 Å². The topological polar surface area (TPSA) is 78.8 Å². The Balaban J connectivity index is 2.13. The van der Waals surface area contributed by atoms with E-state index in [1.807, 2.05) is 25.1 Å². The van der Waals surface area contributed by atoms with Crippen LogP contribution in [0.3, 0.4) is 0 Å². The molecule has 2 aromatic heterocycles. The number of nitrogens with two attached hydrogens (primary N) is 1. The Morgan fingerprint density at radius 2 is 2.21 bits per heavy atom. The lowest BCUT2D eigenvalue weighted by atomic mass is 10.2. The number of rotatable bonds is 3. The summed E-state index contributed by atoms with van der Waals surface area (Å²) in [5, 5.41) is 5.27. The summed E-state index contributed by atoms with van der Waals surface area (Å²) < 4.78 is 7.01. The lowest BCUT2D eigenvalue weighted by molar-refractivity contribution is 0.325. The lowest BCUT2D eigenvalue weighted by Crippen LogP contribution is -2.04. The molecule has 0 saturated heterocycles. The van der Waals surface area contributed by atoms with Crippen LogP contribution < -0.4 is 10.5 Å². The molecule has 6 heteroatoms. The first kappa shape index (κ1) is 11.5. The van der Waals surface area contributed by atoms with Crippen LogP contribution in [0.4, 0.5) is 5.69 Å². The van der Waals surface area contributed by atoms with Crippen LogP contribution in [0.15, 0.2) is 36.7 Å². The Kier molecular flexibility index (Phi) is 2.75. The third-order valence-electron chi connectivity index (χ3n) is 2.69. The number of hydrogen-bond donors (Lipinski definition) is 1. The van der Waals surface area contributed by atoms with E-state index in [1.54, 1.807) is 23.1 Å². The van der Waals surface area contributed by atoms with Gasteiger partial charge in [-0.05, 0) is 25.1 Å². The number of nitrogen functional groups attached to an aromatic ring is 1.